The number of hydrogen-bond acceptors (Lipinski definition) is 5. The lowest BCUT2D eigenvalue weighted by molar-refractivity contribution is -0.142. The summed E-state index contributed by atoms with van der Waals surface area (Å²) in [5, 5.41) is 8.17. The van der Waals surface area contributed by atoms with Gasteiger partial charge >= 0.3 is 0 Å². The summed E-state index contributed by atoms with van der Waals surface area (Å²) in [5.74, 6) is 3.09. The van der Waals surface area contributed by atoms with E-state index in [1.165, 1.54) is 0 Å². The van der Waals surface area contributed by atoms with Gasteiger partial charge in [-0.2, -0.15) is 10.2 Å². The van der Waals surface area contributed by atoms with Crippen LogP contribution in [0, 0.1) is 18.3 Å². The Morgan fingerprint density at radius 3 is 2.27 bits per heavy atom. The van der Waals surface area contributed by atoms with Crippen molar-refractivity contribution in [2.45, 2.75) is 44.2 Å². The number of likely N-dealkylation sites (tertiary alicyclic amines) is 1. The first-order valence-corrected chi connectivity index (χ1v) is 9.66. The average molecular weight is 359 g/mol. The normalized spacial score (nSPS) is 22.9. The van der Waals surface area contributed by atoms with Gasteiger partial charge < -0.3 is 14.7 Å². The maximum atomic E-state index is 12.7. The van der Waals surface area contributed by atoms with E-state index < -0.39 is 5.66 Å². The molecule has 0 spiro atoms. The quantitative estimate of drug-likeness (QED) is 0.673. The summed E-state index contributed by atoms with van der Waals surface area (Å²) in [6.45, 7) is 4.88. The Labute approximate surface area is 155 Å². The van der Waals surface area contributed by atoms with Gasteiger partial charge in [-0.1, -0.05) is 0 Å². The first kappa shape index (κ1) is 18.8. The molecule has 7 heteroatoms. The SMILES string of the molecule is C#CCCC1(CCC(=O)N2CCC(C(=O)N3CCN(C)CC3)CC2)N=N1. The molecule has 0 unspecified atom stereocenters. The minimum absolute atomic E-state index is 0.0675. The Morgan fingerprint density at radius 2 is 1.69 bits per heavy atom. The van der Waals surface area contributed by atoms with Gasteiger partial charge in [0.2, 0.25) is 11.8 Å². The predicted molar refractivity (Wildman–Crippen MR) is 98.3 cm³/mol. The molecule has 2 fully saturated rings. The van der Waals surface area contributed by atoms with Crippen LogP contribution >= 0.6 is 0 Å². The summed E-state index contributed by atoms with van der Waals surface area (Å²) >= 11 is 0. The number of hydrogen-bond donors (Lipinski definition) is 0. The first-order chi connectivity index (χ1) is 12.5. The highest BCUT2D eigenvalue weighted by molar-refractivity contribution is 5.80. The van der Waals surface area contributed by atoms with Crippen molar-refractivity contribution in [2.24, 2.45) is 16.1 Å². The second-order valence-electron chi connectivity index (χ2n) is 7.67. The number of nitrogens with zero attached hydrogens (tertiary/aromatic N) is 5. The minimum Gasteiger partial charge on any atom is -0.343 e. The summed E-state index contributed by atoms with van der Waals surface area (Å²) in [5.41, 5.74) is -0.391. The smallest absolute Gasteiger partial charge is 0.225 e. The maximum Gasteiger partial charge on any atom is 0.225 e. The van der Waals surface area contributed by atoms with E-state index in [0.717, 1.165) is 45.4 Å². The number of rotatable bonds is 6. The van der Waals surface area contributed by atoms with Crippen LogP contribution in [0.25, 0.3) is 0 Å². The third kappa shape index (κ3) is 4.61. The second kappa shape index (κ2) is 8.17. The minimum atomic E-state index is -0.391. The van der Waals surface area contributed by atoms with E-state index in [9.17, 15) is 9.59 Å². The monoisotopic (exact) mass is 359 g/mol. The van der Waals surface area contributed by atoms with Crippen LogP contribution in [-0.4, -0.2) is 78.5 Å². The Morgan fingerprint density at radius 1 is 1.04 bits per heavy atom. The Bertz CT molecular complexity index is 590. The van der Waals surface area contributed by atoms with Crippen LogP contribution < -0.4 is 0 Å². The fraction of sp³-hybridized carbons (Fsp3) is 0.789. The molecule has 2 amide bonds. The molecule has 3 rings (SSSR count). The number of piperidine rings is 1. The Kier molecular flexibility index (Phi) is 5.92. The lowest BCUT2D eigenvalue weighted by Crippen LogP contribution is -2.51. The molecule has 142 valence electrons. The van der Waals surface area contributed by atoms with E-state index in [1.54, 1.807) is 0 Å². The third-order valence-corrected chi connectivity index (χ3v) is 5.80. The second-order valence-corrected chi connectivity index (χ2v) is 7.67. The van der Waals surface area contributed by atoms with Crippen LogP contribution in [0.2, 0.25) is 0 Å². The lowest BCUT2D eigenvalue weighted by Gasteiger charge is -2.37. The van der Waals surface area contributed by atoms with Gasteiger partial charge in [-0.05, 0) is 19.9 Å². The summed E-state index contributed by atoms with van der Waals surface area (Å²) in [4.78, 5) is 31.3. The molecule has 0 aromatic heterocycles. The van der Waals surface area contributed by atoms with Crippen LogP contribution in [0.1, 0.15) is 38.5 Å². The van der Waals surface area contributed by atoms with Crippen molar-refractivity contribution in [3.8, 4) is 12.3 Å². The number of carbonyl (C=O) groups excluding carboxylic acids is 2. The molecule has 2 saturated heterocycles. The summed E-state index contributed by atoms with van der Waals surface area (Å²) in [7, 11) is 2.09. The van der Waals surface area contributed by atoms with Gasteiger partial charge in [-0.25, -0.2) is 0 Å². The first-order valence-electron chi connectivity index (χ1n) is 9.66. The van der Waals surface area contributed by atoms with Crippen LogP contribution in [0.5, 0.6) is 0 Å². The van der Waals surface area contributed by atoms with Crippen molar-refractivity contribution in [3.05, 3.63) is 0 Å². The highest BCUT2D eigenvalue weighted by Gasteiger charge is 2.40. The maximum absolute atomic E-state index is 12.7. The average Bonchev–Trinajstić information content (AvgIpc) is 3.45. The molecule has 3 aliphatic heterocycles. The van der Waals surface area contributed by atoms with E-state index in [1.807, 2.05) is 9.80 Å². The molecule has 3 heterocycles. The number of amides is 2. The molecule has 0 bridgehead atoms. The van der Waals surface area contributed by atoms with Gasteiger partial charge in [0.05, 0.1) is 0 Å². The molecular weight excluding hydrogens is 330 g/mol. The highest BCUT2D eigenvalue weighted by atomic mass is 16.2. The van der Waals surface area contributed by atoms with Crippen molar-refractivity contribution in [3.63, 3.8) is 0 Å². The van der Waals surface area contributed by atoms with E-state index in [2.05, 4.69) is 28.1 Å². The molecule has 3 aliphatic rings. The van der Waals surface area contributed by atoms with Gasteiger partial charge in [0.1, 0.15) is 0 Å². The number of piperazine rings is 1. The molecule has 26 heavy (non-hydrogen) atoms. The Hall–Kier alpha value is -1.94. The van der Waals surface area contributed by atoms with Gasteiger partial charge in [0, 0.05) is 70.9 Å². The molecular formula is C19H29N5O2. The van der Waals surface area contributed by atoms with Gasteiger partial charge in [0.25, 0.3) is 0 Å². The lowest BCUT2D eigenvalue weighted by atomic mass is 9.94. The van der Waals surface area contributed by atoms with Crippen molar-refractivity contribution < 1.29 is 9.59 Å². The Balaban J connectivity index is 1.38. The van der Waals surface area contributed by atoms with Crippen molar-refractivity contribution in [1.29, 1.82) is 0 Å². The van der Waals surface area contributed by atoms with Crippen LogP contribution in [-0.2, 0) is 9.59 Å². The summed E-state index contributed by atoms with van der Waals surface area (Å²) in [6.07, 6.45) is 9.31. The molecule has 0 aromatic rings. The topological polar surface area (TPSA) is 68.6 Å². The molecule has 0 N–H and O–H groups in total. The van der Waals surface area contributed by atoms with E-state index >= 15 is 0 Å². The number of likely N-dealkylation sites (N-methyl/N-ethyl adjacent to an activating group) is 1. The fourth-order valence-electron chi connectivity index (χ4n) is 3.79. The zero-order valence-corrected chi connectivity index (χ0v) is 15.7. The highest BCUT2D eigenvalue weighted by Crippen LogP contribution is 2.37. The molecule has 7 nitrogen and oxygen atoms in total. The van der Waals surface area contributed by atoms with Gasteiger partial charge in [0.15, 0.2) is 5.66 Å². The van der Waals surface area contributed by atoms with E-state index in [4.69, 9.17) is 6.42 Å². The largest absolute Gasteiger partial charge is 0.343 e. The number of terminal acetylenes is 1. The molecule has 0 atom stereocenters. The summed E-state index contributed by atoms with van der Waals surface area (Å²) < 4.78 is 0. The predicted octanol–water partition coefficient (Wildman–Crippen LogP) is 1.35. The molecule has 0 saturated carbocycles. The zero-order valence-electron chi connectivity index (χ0n) is 15.7. The number of carbonyl (C=O) groups is 2. The summed E-state index contributed by atoms with van der Waals surface area (Å²) in [6, 6.07) is 0. The van der Waals surface area contributed by atoms with Crippen molar-refractivity contribution in [2.75, 3.05) is 46.3 Å². The van der Waals surface area contributed by atoms with Crippen molar-refractivity contribution >= 4 is 11.8 Å². The molecule has 0 aliphatic carbocycles. The van der Waals surface area contributed by atoms with Crippen LogP contribution in [0.15, 0.2) is 10.2 Å². The fourth-order valence-corrected chi connectivity index (χ4v) is 3.79. The van der Waals surface area contributed by atoms with Gasteiger partial charge in [-0.15, -0.1) is 12.3 Å². The zero-order chi connectivity index (χ0) is 18.6. The van der Waals surface area contributed by atoms with Crippen molar-refractivity contribution in [1.82, 2.24) is 14.7 Å². The van der Waals surface area contributed by atoms with Crippen LogP contribution in [0.4, 0.5) is 0 Å². The standard InChI is InChI=1S/C19H29N5O2/c1-3-4-8-19(20-21-19)9-5-17(25)23-10-6-16(7-11-23)18(26)24-14-12-22(2)13-15-24/h1,16H,4-15H2,2H3. The van der Waals surface area contributed by atoms with E-state index in [0.29, 0.717) is 32.4 Å². The van der Waals surface area contributed by atoms with Crippen LogP contribution in [0.3, 0.4) is 0 Å². The molecule has 0 aromatic carbocycles. The van der Waals surface area contributed by atoms with Gasteiger partial charge in [-0.3, -0.25) is 9.59 Å². The van der Waals surface area contributed by atoms with E-state index in [-0.39, 0.29) is 17.7 Å². The third-order valence-electron chi connectivity index (χ3n) is 5.80. The molecule has 0 radical (unpaired) electrons.